The molecule has 3 N–H and O–H groups in total. The van der Waals surface area contributed by atoms with Crippen LogP contribution in [0.4, 0.5) is 0 Å². The molecule has 1 aromatic rings. The second-order valence-electron chi connectivity index (χ2n) is 8.00. The van der Waals surface area contributed by atoms with Crippen LogP contribution >= 0.6 is 12.2 Å². The van der Waals surface area contributed by atoms with Crippen molar-refractivity contribution in [2.45, 2.75) is 52.1 Å². The van der Waals surface area contributed by atoms with Gasteiger partial charge in [0.15, 0.2) is 16.6 Å². The summed E-state index contributed by atoms with van der Waals surface area (Å²) in [4.78, 5) is 28.2. The number of piperidine rings is 1. The lowest BCUT2D eigenvalue weighted by molar-refractivity contribution is -0.125. The maximum absolute atomic E-state index is 13.1. The van der Waals surface area contributed by atoms with Crippen LogP contribution in [0.1, 0.15) is 50.4 Å². The van der Waals surface area contributed by atoms with Crippen molar-refractivity contribution in [2.75, 3.05) is 26.4 Å². The highest BCUT2D eigenvalue weighted by Crippen LogP contribution is 2.32. The third-order valence-electron chi connectivity index (χ3n) is 5.83. The molecule has 0 aromatic heterocycles. The van der Waals surface area contributed by atoms with Gasteiger partial charge >= 0.3 is 0 Å². The standard InChI is InChI=1S/C22H32N4O4S/c1-4-14(3)24-21(28)19(15-8-10-26(11-9-15)22(31)23-5-2)25-20(27)16-6-7-17-18(12-16)30-13-29-17/h6-7,12,14-15,19H,4-5,8-11,13H2,1-3H3,(H,23,31)(H,24,28)(H,25,27). The number of amides is 2. The molecule has 2 unspecified atom stereocenters. The SMILES string of the molecule is CCNC(=S)N1CCC(C(NC(=O)c2ccc3c(c2)OCO3)C(=O)NC(C)CC)CC1. The highest BCUT2D eigenvalue weighted by Gasteiger charge is 2.34. The van der Waals surface area contributed by atoms with E-state index in [-0.39, 0.29) is 30.6 Å². The van der Waals surface area contributed by atoms with E-state index >= 15 is 0 Å². The molecule has 0 radical (unpaired) electrons. The summed E-state index contributed by atoms with van der Waals surface area (Å²) in [6.45, 7) is 8.43. The Morgan fingerprint density at radius 3 is 2.55 bits per heavy atom. The van der Waals surface area contributed by atoms with E-state index in [1.807, 2.05) is 20.8 Å². The van der Waals surface area contributed by atoms with Gasteiger partial charge in [0, 0.05) is 31.2 Å². The fourth-order valence-corrected chi connectivity index (χ4v) is 4.12. The molecule has 0 spiro atoms. The predicted octanol–water partition coefficient (Wildman–Crippen LogP) is 2.03. The van der Waals surface area contributed by atoms with E-state index in [4.69, 9.17) is 21.7 Å². The first-order chi connectivity index (χ1) is 14.9. The van der Waals surface area contributed by atoms with Crippen LogP contribution in [0.15, 0.2) is 18.2 Å². The van der Waals surface area contributed by atoms with Crippen molar-refractivity contribution in [1.82, 2.24) is 20.9 Å². The summed E-state index contributed by atoms with van der Waals surface area (Å²) in [6, 6.07) is 4.48. The average molecular weight is 449 g/mol. The van der Waals surface area contributed by atoms with E-state index in [0.717, 1.165) is 44.0 Å². The van der Waals surface area contributed by atoms with Gasteiger partial charge in [0.1, 0.15) is 6.04 Å². The van der Waals surface area contributed by atoms with Crippen molar-refractivity contribution in [1.29, 1.82) is 0 Å². The normalized spacial score (nSPS) is 17.6. The fourth-order valence-electron chi connectivity index (χ4n) is 3.79. The molecule has 1 aromatic carbocycles. The van der Waals surface area contributed by atoms with E-state index in [0.29, 0.717) is 17.1 Å². The zero-order valence-corrected chi connectivity index (χ0v) is 19.2. The fraction of sp³-hybridized carbons (Fsp3) is 0.591. The Hall–Kier alpha value is -2.55. The quantitative estimate of drug-likeness (QED) is 0.550. The van der Waals surface area contributed by atoms with Gasteiger partial charge in [-0.2, -0.15) is 0 Å². The molecule has 2 heterocycles. The highest BCUT2D eigenvalue weighted by atomic mass is 32.1. The molecule has 0 bridgehead atoms. The number of ether oxygens (including phenoxy) is 2. The number of fused-ring (bicyclic) bond motifs is 1. The van der Waals surface area contributed by atoms with Crippen molar-refractivity contribution in [3.05, 3.63) is 23.8 Å². The van der Waals surface area contributed by atoms with Crippen LogP contribution in [0.2, 0.25) is 0 Å². The first-order valence-corrected chi connectivity index (χ1v) is 11.4. The number of carbonyl (C=O) groups excluding carboxylic acids is 2. The number of carbonyl (C=O) groups is 2. The van der Waals surface area contributed by atoms with Crippen LogP contribution < -0.4 is 25.4 Å². The minimum atomic E-state index is -0.609. The first kappa shape index (κ1) is 23.1. The molecule has 8 nitrogen and oxygen atoms in total. The Bertz CT molecular complexity index is 811. The zero-order valence-electron chi connectivity index (χ0n) is 18.4. The summed E-state index contributed by atoms with van der Waals surface area (Å²) in [6.07, 6.45) is 2.36. The van der Waals surface area contributed by atoms with Crippen molar-refractivity contribution in [2.24, 2.45) is 5.92 Å². The van der Waals surface area contributed by atoms with E-state index in [2.05, 4.69) is 20.9 Å². The second kappa shape index (κ2) is 10.7. The Morgan fingerprint density at radius 2 is 1.87 bits per heavy atom. The Kier molecular flexibility index (Phi) is 7.95. The number of likely N-dealkylation sites (tertiary alicyclic amines) is 1. The van der Waals surface area contributed by atoms with Crippen molar-refractivity contribution < 1.29 is 19.1 Å². The van der Waals surface area contributed by atoms with Gasteiger partial charge in [-0.1, -0.05) is 6.92 Å². The van der Waals surface area contributed by atoms with Gasteiger partial charge in [0.25, 0.3) is 5.91 Å². The molecular weight excluding hydrogens is 416 g/mol. The molecular formula is C22H32N4O4S. The number of rotatable bonds is 7. The molecule has 2 aliphatic rings. The second-order valence-corrected chi connectivity index (χ2v) is 8.38. The molecule has 3 rings (SSSR count). The third kappa shape index (κ3) is 5.78. The van der Waals surface area contributed by atoms with E-state index in [1.165, 1.54) is 0 Å². The molecule has 2 aliphatic heterocycles. The van der Waals surface area contributed by atoms with Crippen molar-refractivity contribution >= 4 is 29.1 Å². The lowest BCUT2D eigenvalue weighted by Gasteiger charge is -2.37. The van der Waals surface area contributed by atoms with Gasteiger partial charge in [0.05, 0.1) is 0 Å². The minimum absolute atomic E-state index is 0.0303. The average Bonchev–Trinajstić information content (AvgIpc) is 3.25. The van der Waals surface area contributed by atoms with E-state index in [1.54, 1.807) is 18.2 Å². The Morgan fingerprint density at radius 1 is 1.16 bits per heavy atom. The number of nitrogens with zero attached hydrogens (tertiary/aromatic N) is 1. The van der Waals surface area contributed by atoms with Gasteiger partial charge < -0.3 is 30.3 Å². The van der Waals surface area contributed by atoms with Gasteiger partial charge in [-0.05, 0) is 69.4 Å². The van der Waals surface area contributed by atoms with E-state index < -0.39 is 6.04 Å². The molecule has 0 saturated carbocycles. The smallest absolute Gasteiger partial charge is 0.252 e. The van der Waals surface area contributed by atoms with Gasteiger partial charge in [-0.3, -0.25) is 9.59 Å². The summed E-state index contributed by atoms with van der Waals surface area (Å²) in [5.74, 6) is 0.747. The predicted molar refractivity (Wildman–Crippen MR) is 122 cm³/mol. The summed E-state index contributed by atoms with van der Waals surface area (Å²) in [5.41, 5.74) is 0.441. The van der Waals surface area contributed by atoms with Crippen LogP contribution in [0.3, 0.4) is 0 Å². The molecule has 31 heavy (non-hydrogen) atoms. The summed E-state index contributed by atoms with van der Waals surface area (Å²) >= 11 is 5.42. The maximum atomic E-state index is 13.1. The molecule has 9 heteroatoms. The molecule has 1 saturated heterocycles. The number of benzene rings is 1. The van der Waals surface area contributed by atoms with Gasteiger partial charge in [-0.25, -0.2) is 0 Å². The van der Waals surface area contributed by atoms with Gasteiger partial charge in [0.2, 0.25) is 12.7 Å². The molecule has 170 valence electrons. The maximum Gasteiger partial charge on any atom is 0.252 e. The molecule has 2 atom stereocenters. The topological polar surface area (TPSA) is 91.9 Å². The van der Waals surface area contributed by atoms with Gasteiger partial charge in [-0.15, -0.1) is 0 Å². The monoisotopic (exact) mass is 448 g/mol. The van der Waals surface area contributed by atoms with Crippen LogP contribution in [-0.2, 0) is 4.79 Å². The van der Waals surface area contributed by atoms with Crippen LogP contribution in [-0.4, -0.2) is 60.3 Å². The van der Waals surface area contributed by atoms with E-state index in [9.17, 15) is 9.59 Å². The molecule has 2 amide bonds. The van der Waals surface area contributed by atoms with Crippen LogP contribution in [0, 0.1) is 5.92 Å². The van der Waals surface area contributed by atoms with Crippen LogP contribution in [0.5, 0.6) is 11.5 Å². The van der Waals surface area contributed by atoms with Crippen molar-refractivity contribution in [3.8, 4) is 11.5 Å². The molecule has 1 fully saturated rings. The molecule has 0 aliphatic carbocycles. The summed E-state index contributed by atoms with van der Waals surface area (Å²) in [7, 11) is 0. The first-order valence-electron chi connectivity index (χ1n) is 11.0. The number of hydrogen-bond acceptors (Lipinski definition) is 5. The third-order valence-corrected chi connectivity index (χ3v) is 6.23. The highest BCUT2D eigenvalue weighted by molar-refractivity contribution is 7.80. The Labute approximate surface area is 189 Å². The van der Waals surface area contributed by atoms with Crippen molar-refractivity contribution in [3.63, 3.8) is 0 Å². The lowest BCUT2D eigenvalue weighted by Crippen LogP contribution is -2.55. The van der Waals surface area contributed by atoms with Crippen LogP contribution in [0.25, 0.3) is 0 Å². The summed E-state index contributed by atoms with van der Waals surface area (Å²) in [5, 5.41) is 9.93. The lowest BCUT2D eigenvalue weighted by atomic mass is 9.88. The zero-order chi connectivity index (χ0) is 22.4. The number of nitrogens with one attached hydrogen (secondary N) is 3. The summed E-state index contributed by atoms with van der Waals surface area (Å²) < 4.78 is 10.7. The number of thiocarbonyl (C=S) groups is 1. The number of hydrogen-bond donors (Lipinski definition) is 3. The Balaban J connectivity index is 1.70. The largest absolute Gasteiger partial charge is 0.454 e. The minimum Gasteiger partial charge on any atom is -0.454 e.